The van der Waals surface area contributed by atoms with Gasteiger partial charge in [0.1, 0.15) is 5.78 Å². The van der Waals surface area contributed by atoms with Crippen LogP contribution in [0.1, 0.15) is 64.7 Å². The maximum Gasteiger partial charge on any atom is 0.137 e. The van der Waals surface area contributed by atoms with Gasteiger partial charge in [0.15, 0.2) is 0 Å². The molecule has 0 heterocycles. The van der Waals surface area contributed by atoms with Gasteiger partial charge >= 0.3 is 0 Å². The van der Waals surface area contributed by atoms with E-state index in [1.165, 1.54) is 44.1 Å². The molecule has 25 heavy (non-hydrogen) atoms. The molecular weight excluding hydrogens is 312 g/mol. The second-order valence-electron chi connectivity index (χ2n) is 9.58. The van der Waals surface area contributed by atoms with E-state index in [4.69, 9.17) is 9.47 Å². The monoisotopic (exact) mass is 344 g/mol. The molecular formula is C22H32O3. The second-order valence-corrected chi connectivity index (χ2v) is 9.58. The van der Waals surface area contributed by atoms with Crippen molar-refractivity contribution >= 4 is 5.78 Å². The molecule has 3 nitrogen and oxygen atoms in total. The summed E-state index contributed by atoms with van der Waals surface area (Å²) in [6.45, 7) is 4.01. The number of hydrogen-bond donors (Lipinski definition) is 0. The van der Waals surface area contributed by atoms with Gasteiger partial charge in [0, 0.05) is 25.4 Å². The molecule has 138 valence electrons. The highest BCUT2D eigenvalue weighted by molar-refractivity contribution is 5.82. The minimum absolute atomic E-state index is 0.165. The summed E-state index contributed by atoms with van der Waals surface area (Å²) in [5, 5.41) is 0. The largest absolute Gasteiger partial charge is 0.382 e. The predicted octanol–water partition coefficient (Wildman–Crippen LogP) is 4.30. The first-order chi connectivity index (χ1) is 12.1. The Morgan fingerprint density at radius 2 is 2.04 bits per heavy atom. The zero-order valence-corrected chi connectivity index (χ0v) is 15.8. The lowest BCUT2D eigenvalue weighted by molar-refractivity contribution is -0.120. The maximum atomic E-state index is 11.9. The third-order valence-corrected chi connectivity index (χ3v) is 8.79. The third-order valence-electron chi connectivity index (χ3n) is 8.79. The van der Waals surface area contributed by atoms with Crippen LogP contribution >= 0.6 is 0 Å². The highest BCUT2D eigenvalue weighted by Gasteiger charge is 2.75. The molecule has 6 atom stereocenters. The smallest absolute Gasteiger partial charge is 0.137 e. The molecule has 0 unspecified atom stereocenters. The van der Waals surface area contributed by atoms with Crippen LogP contribution in [0.2, 0.25) is 0 Å². The Labute approximate surface area is 151 Å². The second kappa shape index (κ2) is 5.66. The van der Waals surface area contributed by atoms with Gasteiger partial charge in [-0.25, -0.2) is 0 Å². The Hall–Kier alpha value is -0.670. The number of ketones is 1. The average Bonchev–Trinajstić information content (AvgIpc) is 3.25. The lowest BCUT2D eigenvalue weighted by Gasteiger charge is -2.53. The number of carbonyl (C=O) groups is 1. The molecule has 0 spiro atoms. The first kappa shape index (κ1) is 16.5. The molecule has 0 radical (unpaired) electrons. The fourth-order valence-corrected chi connectivity index (χ4v) is 7.57. The van der Waals surface area contributed by atoms with E-state index < -0.39 is 0 Å². The molecule has 0 aliphatic heterocycles. The standard InChI is InChI=1S/C22H32O3/c1-21-8-7-18-17-6-4-16(23)11-14(17)3-5-19(18)20(21)12-15-13-22(15,21)25-10-9-24-2/h15,18-20H,3-13H2,1-2H3/t15-,18+,19+,20-,21-,22-/m0/s1. The quantitative estimate of drug-likeness (QED) is 0.563. The lowest BCUT2D eigenvalue weighted by atomic mass is 9.53. The first-order valence-corrected chi connectivity index (χ1v) is 10.4. The molecule has 3 heteroatoms. The summed E-state index contributed by atoms with van der Waals surface area (Å²) < 4.78 is 11.7. The fraction of sp³-hybridized carbons (Fsp3) is 0.864. The Morgan fingerprint density at radius 3 is 2.88 bits per heavy atom. The molecule has 0 aromatic carbocycles. The number of fused-ring (bicyclic) bond motifs is 6. The molecule has 0 bridgehead atoms. The van der Waals surface area contributed by atoms with Crippen molar-refractivity contribution in [3.8, 4) is 0 Å². The van der Waals surface area contributed by atoms with Gasteiger partial charge in [-0.05, 0) is 68.6 Å². The van der Waals surface area contributed by atoms with Crippen molar-refractivity contribution in [3.05, 3.63) is 11.1 Å². The number of rotatable bonds is 4. The summed E-state index contributed by atoms with van der Waals surface area (Å²) in [4.78, 5) is 11.9. The third kappa shape index (κ3) is 2.21. The first-order valence-electron chi connectivity index (χ1n) is 10.4. The van der Waals surface area contributed by atoms with Crippen LogP contribution in [0, 0.1) is 29.1 Å². The average molecular weight is 344 g/mol. The summed E-state index contributed by atoms with van der Waals surface area (Å²) >= 11 is 0. The van der Waals surface area contributed by atoms with E-state index in [9.17, 15) is 4.79 Å². The number of carbonyl (C=O) groups excluding carboxylic acids is 1. The SMILES string of the molecule is COCCO[C@@]12C[C@@H]1C[C@H]1[C@@H]3CCC4=C(CCC(=O)C4)[C@H]3CC[C@@]12C. The number of allylic oxidation sites excluding steroid dienone is 2. The maximum absolute atomic E-state index is 11.9. The molecule has 5 aliphatic rings. The van der Waals surface area contributed by atoms with Crippen molar-refractivity contribution in [2.45, 2.75) is 70.3 Å². The van der Waals surface area contributed by atoms with Crippen molar-refractivity contribution in [1.29, 1.82) is 0 Å². The van der Waals surface area contributed by atoms with Crippen molar-refractivity contribution in [3.63, 3.8) is 0 Å². The number of hydrogen-bond acceptors (Lipinski definition) is 3. The highest BCUT2D eigenvalue weighted by atomic mass is 16.5. The van der Waals surface area contributed by atoms with Crippen LogP contribution < -0.4 is 0 Å². The minimum Gasteiger partial charge on any atom is -0.382 e. The number of Topliss-reactive ketones (excluding diaryl/α,β-unsaturated/α-hetero) is 1. The van der Waals surface area contributed by atoms with Crippen molar-refractivity contribution in [1.82, 2.24) is 0 Å². The molecule has 5 rings (SSSR count). The number of methoxy groups -OCH3 is 1. The van der Waals surface area contributed by atoms with Crippen LogP contribution in [0.3, 0.4) is 0 Å². The van der Waals surface area contributed by atoms with E-state index in [1.54, 1.807) is 12.7 Å². The highest BCUT2D eigenvalue weighted by Crippen LogP contribution is 2.75. The molecule has 0 amide bonds. The van der Waals surface area contributed by atoms with E-state index in [0.29, 0.717) is 17.8 Å². The zero-order chi connectivity index (χ0) is 17.2. The van der Waals surface area contributed by atoms with E-state index in [2.05, 4.69) is 6.92 Å². The molecule has 0 N–H and O–H groups in total. The Morgan fingerprint density at radius 1 is 1.16 bits per heavy atom. The van der Waals surface area contributed by atoms with Gasteiger partial charge in [0.2, 0.25) is 0 Å². The van der Waals surface area contributed by atoms with Crippen LogP contribution in [0.4, 0.5) is 0 Å². The van der Waals surface area contributed by atoms with E-state index in [-0.39, 0.29) is 5.60 Å². The van der Waals surface area contributed by atoms with E-state index in [0.717, 1.165) is 49.5 Å². The summed E-state index contributed by atoms with van der Waals surface area (Å²) in [5.74, 6) is 3.73. The predicted molar refractivity (Wildman–Crippen MR) is 96.2 cm³/mol. The lowest BCUT2D eigenvalue weighted by Crippen LogP contribution is -2.49. The summed E-state index contributed by atoms with van der Waals surface area (Å²) in [5.41, 5.74) is 3.79. The fourth-order valence-electron chi connectivity index (χ4n) is 7.57. The summed E-state index contributed by atoms with van der Waals surface area (Å²) in [6.07, 6.45) is 10.5. The van der Waals surface area contributed by atoms with Gasteiger partial charge in [-0.2, -0.15) is 0 Å². The Balaban J connectivity index is 1.39. The van der Waals surface area contributed by atoms with Crippen molar-refractivity contribution < 1.29 is 14.3 Å². The zero-order valence-electron chi connectivity index (χ0n) is 15.8. The molecule has 0 aromatic rings. The molecule has 3 saturated carbocycles. The molecule has 0 aromatic heterocycles. The Bertz CT molecular complexity index is 623. The topological polar surface area (TPSA) is 35.5 Å². The van der Waals surface area contributed by atoms with Gasteiger partial charge < -0.3 is 9.47 Å². The van der Waals surface area contributed by atoms with Gasteiger partial charge in [0.05, 0.1) is 18.8 Å². The minimum atomic E-state index is 0.165. The van der Waals surface area contributed by atoms with Gasteiger partial charge in [-0.3, -0.25) is 4.79 Å². The van der Waals surface area contributed by atoms with Gasteiger partial charge in [0.25, 0.3) is 0 Å². The molecule has 0 saturated heterocycles. The van der Waals surface area contributed by atoms with E-state index >= 15 is 0 Å². The molecule has 5 aliphatic carbocycles. The van der Waals surface area contributed by atoms with Gasteiger partial charge in [-0.15, -0.1) is 0 Å². The van der Waals surface area contributed by atoms with Crippen molar-refractivity contribution in [2.24, 2.45) is 29.1 Å². The number of ether oxygens (including phenoxy) is 2. The van der Waals surface area contributed by atoms with Crippen LogP contribution in [0.5, 0.6) is 0 Å². The molecule has 3 fully saturated rings. The van der Waals surface area contributed by atoms with Crippen LogP contribution in [0.25, 0.3) is 0 Å². The van der Waals surface area contributed by atoms with Gasteiger partial charge in [-0.1, -0.05) is 18.1 Å². The van der Waals surface area contributed by atoms with E-state index in [1.807, 2.05) is 0 Å². The summed E-state index contributed by atoms with van der Waals surface area (Å²) in [6, 6.07) is 0. The van der Waals surface area contributed by atoms with Crippen molar-refractivity contribution in [2.75, 3.05) is 20.3 Å². The van der Waals surface area contributed by atoms with Crippen LogP contribution in [-0.4, -0.2) is 31.7 Å². The normalized spacial score (nSPS) is 47.8. The van der Waals surface area contributed by atoms with Crippen LogP contribution in [-0.2, 0) is 14.3 Å². The Kier molecular flexibility index (Phi) is 3.74. The van der Waals surface area contributed by atoms with Crippen LogP contribution in [0.15, 0.2) is 11.1 Å². The summed E-state index contributed by atoms with van der Waals surface area (Å²) in [7, 11) is 1.76.